The van der Waals surface area contributed by atoms with Crippen LogP contribution >= 0.6 is 0 Å². The third kappa shape index (κ3) is 5.60. The fourth-order valence-electron chi connectivity index (χ4n) is 3.70. The monoisotopic (exact) mass is 373 g/mol. The Kier molecular flexibility index (Phi) is 6.55. The summed E-state index contributed by atoms with van der Waals surface area (Å²) >= 11 is 0. The van der Waals surface area contributed by atoms with Crippen molar-refractivity contribution in [3.63, 3.8) is 0 Å². The molecule has 1 aromatic rings. The summed E-state index contributed by atoms with van der Waals surface area (Å²) in [6.07, 6.45) is 0.968. The van der Waals surface area contributed by atoms with E-state index >= 15 is 0 Å². The average molecular weight is 374 g/mol. The van der Waals surface area contributed by atoms with E-state index in [0.717, 1.165) is 32.6 Å². The van der Waals surface area contributed by atoms with Crippen LogP contribution in [0.15, 0.2) is 30.3 Å². The number of nitrogens with one attached hydrogen (secondary N) is 2. The fourth-order valence-corrected chi connectivity index (χ4v) is 3.70. The Balaban J connectivity index is 1.39. The minimum absolute atomic E-state index is 0.0150. The Morgan fingerprint density at radius 3 is 2.44 bits per heavy atom. The first-order valence-electron chi connectivity index (χ1n) is 9.88. The highest BCUT2D eigenvalue weighted by Crippen LogP contribution is 2.19. The van der Waals surface area contributed by atoms with Crippen LogP contribution in [0, 0.1) is 0 Å². The third-order valence-electron chi connectivity index (χ3n) is 5.11. The van der Waals surface area contributed by atoms with E-state index in [-0.39, 0.29) is 24.0 Å². The largest absolute Gasteiger partial charge is 0.369 e. The molecule has 3 amide bonds. The lowest BCUT2D eigenvalue weighted by Crippen LogP contribution is -2.55. The molecule has 0 spiro atoms. The molecule has 7 nitrogen and oxygen atoms in total. The van der Waals surface area contributed by atoms with E-state index in [1.54, 1.807) is 0 Å². The van der Waals surface area contributed by atoms with Gasteiger partial charge in [0.15, 0.2) is 0 Å². The van der Waals surface area contributed by atoms with E-state index in [2.05, 4.69) is 32.6 Å². The molecule has 1 atom stereocenters. The zero-order chi connectivity index (χ0) is 19.2. The van der Waals surface area contributed by atoms with Crippen molar-refractivity contribution >= 4 is 17.6 Å². The van der Waals surface area contributed by atoms with Gasteiger partial charge < -0.3 is 20.4 Å². The van der Waals surface area contributed by atoms with Crippen molar-refractivity contribution in [2.75, 3.05) is 50.7 Å². The number of piperazine rings is 1. The molecule has 148 valence electrons. The standard InChI is InChI=1S/C20H31N5O2/c1-16(2)21-19(26)15-23-10-12-24(13-11-23)20(27)22-17-8-9-25(14-17)18-6-4-3-5-7-18/h3-7,16-17H,8-15H2,1-2H3,(H,21,26)(H,22,27). The molecule has 2 saturated heterocycles. The molecule has 2 aliphatic heterocycles. The van der Waals surface area contributed by atoms with Crippen molar-refractivity contribution in [1.29, 1.82) is 0 Å². The lowest BCUT2D eigenvalue weighted by molar-refractivity contribution is -0.123. The van der Waals surface area contributed by atoms with Gasteiger partial charge in [0.05, 0.1) is 6.54 Å². The molecule has 0 aliphatic carbocycles. The first-order chi connectivity index (χ1) is 13.0. The molecule has 2 aliphatic rings. The van der Waals surface area contributed by atoms with Gasteiger partial charge in [-0.25, -0.2) is 4.79 Å². The van der Waals surface area contributed by atoms with Crippen LogP contribution in [0.1, 0.15) is 20.3 Å². The van der Waals surface area contributed by atoms with Crippen LogP contribution in [-0.2, 0) is 4.79 Å². The minimum Gasteiger partial charge on any atom is -0.369 e. The first kappa shape index (κ1) is 19.5. The molecule has 3 rings (SSSR count). The van der Waals surface area contributed by atoms with E-state index in [1.165, 1.54) is 5.69 Å². The second kappa shape index (κ2) is 9.08. The van der Waals surface area contributed by atoms with E-state index in [9.17, 15) is 9.59 Å². The second-order valence-corrected chi connectivity index (χ2v) is 7.70. The van der Waals surface area contributed by atoms with E-state index in [1.807, 2.05) is 36.9 Å². The molecule has 1 unspecified atom stereocenters. The van der Waals surface area contributed by atoms with Gasteiger partial charge in [0.2, 0.25) is 5.91 Å². The number of amides is 3. The van der Waals surface area contributed by atoms with Crippen molar-refractivity contribution in [3.8, 4) is 0 Å². The van der Waals surface area contributed by atoms with Gasteiger partial charge in [-0.1, -0.05) is 18.2 Å². The molecule has 0 bridgehead atoms. The second-order valence-electron chi connectivity index (χ2n) is 7.70. The molecular weight excluding hydrogens is 342 g/mol. The summed E-state index contributed by atoms with van der Waals surface area (Å²) in [5.74, 6) is 0.0508. The van der Waals surface area contributed by atoms with E-state index in [4.69, 9.17) is 0 Å². The summed E-state index contributed by atoms with van der Waals surface area (Å²) < 4.78 is 0. The maximum Gasteiger partial charge on any atom is 0.317 e. The van der Waals surface area contributed by atoms with Gasteiger partial charge in [-0.3, -0.25) is 9.69 Å². The lowest BCUT2D eigenvalue weighted by Gasteiger charge is -2.35. The number of para-hydroxylation sites is 1. The van der Waals surface area contributed by atoms with Crippen molar-refractivity contribution in [1.82, 2.24) is 20.4 Å². The summed E-state index contributed by atoms with van der Waals surface area (Å²) in [5, 5.41) is 6.09. The predicted molar refractivity (Wildman–Crippen MR) is 107 cm³/mol. The van der Waals surface area contributed by atoms with Gasteiger partial charge in [0.1, 0.15) is 0 Å². The Hall–Kier alpha value is -2.28. The Morgan fingerprint density at radius 2 is 1.78 bits per heavy atom. The Morgan fingerprint density at radius 1 is 1.07 bits per heavy atom. The van der Waals surface area contributed by atoms with Crippen LogP contribution < -0.4 is 15.5 Å². The van der Waals surface area contributed by atoms with Crippen LogP contribution in [0.25, 0.3) is 0 Å². The van der Waals surface area contributed by atoms with Gasteiger partial charge >= 0.3 is 6.03 Å². The molecule has 1 aromatic carbocycles. The van der Waals surface area contributed by atoms with E-state index < -0.39 is 0 Å². The number of carbonyl (C=O) groups excluding carboxylic acids is 2. The number of nitrogens with zero attached hydrogens (tertiary/aromatic N) is 3. The van der Waals surface area contributed by atoms with Gasteiger partial charge in [-0.15, -0.1) is 0 Å². The van der Waals surface area contributed by atoms with Gasteiger partial charge in [0, 0.05) is 57.0 Å². The molecule has 2 N–H and O–H groups in total. The first-order valence-corrected chi connectivity index (χ1v) is 9.88. The van der Waals surface area contributed by atoms with Gasteiger partial charge in [-0.2, -0.15) is 0 Å². The zero-order valence-electron chi connectivity index (χ0n) is 16.4. The Labute approximate surface area is 161 Å². The molecule has 0 aromatic heterocycles. The summed E-state index contributed by atoms with van der Waals surface area (Å²) in [6, 6.07) is 10.7. The van der Waals surface area contributed by atoms with Crippen molar-refractivity contribution < 1.29 is 9.59 Å². The molecule has 2 fully saturated rings. The van der Waals surface area contributed by atoms with Gasteiger partial charge in [-0.05, 0) is 32.4 Å². The maximum atomic E-state index is 12.6. The van der Waals surface area contributed by atoms with E-state index in [0.29, 0.717) is 19.6 Å². The van der Waals surface area contributed by atoms with Crippen LogP contribution in [0.4, 0.5) is 10.5 Å². The number of benzene rings is 1. The highest BCUT2D eigenvalue weighted by atomic mass is 16.2. The van der Waals surface area contributed by atoms with Gasteiger partial charge in [0.25, 0.3) is 0 Å². The zero-order valence-corrected chi connectivity index (χ0v) is 16.4. The summed E-state index contributed by atoms with van der Waals surface area (Å²) in [4.78, 5) is 30.7. The third-order valence-corrected chi connectivity index (χ3v) is 5.11. The van der Waals surface area contributed by atoms with Crippen LogP contribution in [0.3, 0.4) is 0 Å². The number of anilines is 1. The number of hydrogen-bond acceptors (Lipinski definition) is 4. The van der Waals surface area contributed by atoms with Crippen LogP contribution in [-0.4, -0.2) is 79.6 Å². The molecule has 0 saturated carbocycles. The predicted octanol–water partition coefficient (Wildman–Crippen LogP) is 1.12. The molecule has 27 heavy (non-hydrogen) atoms. The molecule has 2 heterocycles. The number of urea groups is 1. The minimum atomic E-state index is 0.0150. The smallest absolute Gasteiger partial charge is 0.317 e. The highest BCUT2D eigenvalue weighted by Gasteiger charge is 2.27. The number of hydrogen-bond donors (Lipinski definition) is 2. The fraction of sp³-hybridized carbons (Fsp3) is 0.600. The number of rotatable bonds is 5. The van der Waals surface area contributed by atoms with Crippen LogP contribution in [0.5, 0.6) is 0 Å². The average Bonchev–Trinajstić information content (AvgIpc) is 3.11. The number of carbonyl (C=O) groups is 2. The van der Waals surface area contributed by atoms with Crippen LogP contribution in [0.2, 0.25) is 0 Å². The van der Waals surface area contributed by atoms with Crippen molar-refractivity contribution in [2.45, 2.75) is 32.4 Å². The van der Waals surface area contributed by atoms with Crippen molar-refractivity contribution in [2.24, 2.45) is 0 Å². The quantitative estimate of drug-likeness (QED) is 0.812. The summed E-state index contributed by atoms with van der Waals surface area (Å²) in [5.41, 5.74) is 1.21. The lowest BCUT2D eigenvalue weighted by atomic mass is 10.2. The molecule has 7 heteroatoms. The highest BCUT2D eigenvalue weighted by molar-refractivity contribution is 5.78. The topological polar surface area (TPSA) is 67.9 Å². The normalized spacial score (nSPS) is 20.8. The van der Waals surface area contributed by atoms with Crippen molar-refractivity contribution in [3.05, 3.63) is 30.3 Å². The SMILES string of the molecule is CC(C)NC(=O)CN1CCN(C(=O)NC2CCN(c3ccccc3)C2)CC1. The molecule has 0 radical (unpaired) electrons. The molecular formula is C20H31N5O2. The summed E-state index contributed by atoms with van der Waals surface area (Å²) in [6.45, 7) is 8.94. The maximum absolute atomic E-state index is 12.6. The summed E-state index contributed by atoms with van der Waals surface area (Å²) in [7, 11) is 0. The Bertz CT molecular complexity index is 629.